The first-order valence-corrected chi connectivity index (χ1v) is 7.51. The lowest BCUT2D eigenvalue weighted by Crippen LogP contribution is -2.22. The van der Waals surface area contributed by atoms with E-state index in [1.165, 1.54) is 0 Å². The Morgan fingerprint density at radius 2 is 1.06 bits per heavy atom. The van der Waals surface area contributed by atoms with E-state index in [1.54, 1.807) is 9.44 Å². The van der Waals surface area contributed by atoms with Crippen LogP contribution in [-0.2, 0) is 20.0 Å². The summed E-state index contributed by atoms with van der Waals surface area (Å²) in [7, 11) is -8.02. The van der Waals surface area contributed by atoms with Gasteiger partial charge in [-0.25, -0.2) is 26.3 Å². The van der Waals surface area contributed by atoms with E-state index in [-0.39, 0.29) is 11.1 Å². The maximum Gasteiger partial charge on any atom is 0.266 e. The van der Waals surface area contributed by atoms with Gasteiger partial charge in [-0.1, -0.05) is 0 Å². The molecule has 8 nitrogen and oxygen atoms in total. The Bertz CT molecular complexity index is 765. The molecule has 0 bridgehead atoms. The number of carbonyl (C=O) groups is 2. The maximum atomic E-state index is 11.5. The van der Waals surface area contributed by atoms with E-state index in [4.69, 9.17) is 0 Å². The van der Waals surface area contributed by atoms with Crippen LogP contribution in [0.2, 0.25) is 0 Å². The van der Waals surface area contributed by atoms with Gasteiger partial charge in [-0.05, 0) is 12.1 Å². The molecule has 0 fully saturated rings. The fraction of sp³-hybridized carbons (Fsp3) is 0. The first-order valence-electron chi connectivity index (χ1n) is 4.55. The lowest BCUT2D eigenvalue weighted by molar-refractivity contribution is 0.0972. The SMILES string of the molecule is O=C1NS(=O)(=O)c2cc3c(cc21)S(=O)(=O)NC3=O. The average Bonchev–Trinajstić information content (AvgIpc) is 2.59. The van der Waals surface area contributed by atoms with Crippen molar-refractivity contribution in [1.29, 1.82) is 0 Å². The van der Waals surface area contributed by atoms with Crippen LogP contribution in [0.3, 0.4) is 0 Å². The van der Waals surface area contributed by atoms with Gasteiger partial charge in [0.2, 0.25) is 0 Å². The molecular formula is C8H4N2O6S2. The number of fused-ring (bicyclic) bond motifs is 2. The topological polar surface area (TPSA) is 126 Å². The highest BCUT2D eigenvalue weighted by atomic mass is 32.2. The van der Waals surface area contributed by atoms with Crippen LogP contribution in [-0.4, -0.2) is 28.6 Å². The molecule has 94 valence electrons. The minimum absolute atomic E-state index is 0.283. The zero-order valence-electron chi connectivity index (χ0n) is 8.42. The molecule has 2 N–H and O–H groups in total. The van der Waals surface area contributed by atoms with Crippen LogP contribution in [0, 0.1) is 0 Å². The summed E-state index contributed by atoms with van der Waals surface area (Å²) >= 11 is 0. The number of sulfonamides is 2. The zero-order valence-corrected chi connectivity index (χ0v) is 10.1. The van der Waals surface area contributed by atoms with Gasteiger partial charge in [0.15, 0.2) is 0 Å². The van der Waals surface area contributed by atoms with Crippen LogP contribution in [0.15, 0.2) is 21.9 Å². The fourth-order valence-electron chi connectivity index (χ4n) is 1.82. The molecule has 0 radical (unpaired) electrons. The minimum Gasteiger partial charge on any atom is -0.268 e. The van der Waals surface area contributed by atoms with Crippen molar-refractivity contribution in [3.63, 3.8) is 0 Å². The summed E-state index contributed by atoms with van der Waals surface area (Å²) in [5.41, 5.74) is -0.567. The molecule has 2 heterocycles. The Balaban J connectivity index is 2.45. The second-order valence-electron chi connectivity index (χ2n) is 3.71. The van der Waals surface area contributed by atoms with Gasteiger partial charge in [-0.15, -0.1) is 0 Å². The van der Waals surface area contributed by atoms with Crippen LogP contribution in [0.5, 0.6) is 0 Å². The summed E-state index contributed by atoms with van der Waals surface area (Å²) in [6, 6.07) is 1.77. The monoisotopic (exact) mass is 288 g/mol. The summed E-state index contributed by atoms with van der Waals surface area (Å²) in [4.78, 5) is 22.0. The molecule has 0 unspecified atom stereocenters. The third kappa shape index (κ3) is 1.24. The highest BCUT2D eigenvalue weighted by Gasteiger charge is 2.40. The van der Waals surface area contributed by atoms with Crippen molar-refractivity contribution in [2.24, 2.45) is 0 Å². The van der Waals surface area contributed by atoms with Gasteiger partial charge in [0.05, 0.1) is 11.1 Å². The molecule has 1 aromatic rings. The molecule has 0 spiro atoms. The Kier molecular flexibility index (Phi) is 1.80. The van der Waals surface area contributed by atoms with Gasteiger partial charge in [0, 0.05) is 0 Å². The van der Waals surface area contributed by atoms with Crippen LogP contribution < -0.4 is 9.44 Å². The molecule has 0 saturated carbocycles. The normalized spacial score (nSPS) is 22.0. The first kappa shape index (κ1) is 11.2. The van der Waals surface area contributed by atoms with Crippen molar-refractivity contribution in [3.05, 3.63) is 23.3 Å². The smallest absolute Gasteiger partial charge is 0.266 e. The molecule has 10 heteroatoms. The molecule has 2 amide bonds. The first-order chi connectivity index (χ1) is 8.22. The summed E-state index contributed by atoms with van der Waals surface area (Å²) in [5.74, 6) is -1.83. The van der Waals surface area contributed by atoms with Gasteiger partial charge in [0.25, 0.3) is 31.9 Å². The molecule has 0 atom stereocenters. The summed E-state index contributed by atoms with van der Waals surface area (Å²) in [6.07, 6.45) is 0. The average molecular weight is 288 g/mol. The molecule has 0 aliphatic carbocycles. The Hall–Kier alpha value is -1.94. The molecule has 2 aliphatic heterocycles. The zero-order chi connectivity index (χ0) is 13.3. The van der Waals surface area contributed by atoms with E-state index >= 15 is 0 Å². The second-order valence-corrected chi connectivity index (χ2v) is 7.02. The van der Waals surface area contributed by atoms with Crippen molar-refractivity contribution in [2.45, 2.75) is 9.79 Å². The van der Waals surface area contributed by atoms with E-state index in [0.29, 0.717) is 0 Å². The third-order valence-corrected chi connectivity index (χ3v) is 5.35. The van der Waals surface area contributed by atoms with Gasteiger partial charge in [-0.3, -0.25) is 9.59 Å². The molecule has 0 saturated heterocycles. The predicted molar refractivity (Wildman–Crippen MR) is 55.7 cm³/mol. The van der Waals surface area contributed by atoms with E-state index in [0.717, 1.165) is 12.1 Å². The lowest BCUT2D eigenvalue weighted by atomic mass is 10.1. The number of benzene rings is 1. The molecule has 0 aromatic heterocycles. The standard InChI is InChI=1S/C8H4N2O6S2/c11-7-3-1-5-4(8(12)10-17(5,13)14)2-6(3)18(15,16)9-7/h1-2H,(H,9,11)(H,10,12). The fourth-order valence-corrected chi connectivity index (χ4v) is 4.18. The lowest BCUT2D eigenvalue weighted by Gasteiger charge is -1.98. The number of amides is 2. The number of rotatable bonds is 0. The summed E-state index contributed by atoms with van der Waals surface area (Å²) < 4.78 is 49.5. The number of carbonyl (C=O) groups excluding carboxylic acids is 2. The van der Waals surface area contributed by atoms with Crippen molar-refractivity contribution >= 4 is 31.9 Å². The highest BCUT2D eigenvalue weighted by Crippen LogP contribution is 2.31. The third-order valence-electron chi connectivity index (χ3n) is 2.60. The van der Waals surface area contributed by atoms with E-state index in [9.17, 15) is 26.4 Å². The maximum absolute atomic E-state index is 11.5. The Morgan fingerprint density at radius 1 is 0.722 bits per heavy atom. The molecule has 1 aromatic carbocycles. The van der Waals surface area contributed by atoms with Crippen molar-refractivity contribution in [2.75, 3.05) is 0 Å². The van der Waals surface area contributed by atoms with Gasteiger partial charge >= 0.3 is 0 Å². The van der Waals surface area contributed by atoms with Crippen molar-refractivity contribution < 1.29 is 26.4 Å². The number of hydrogen-bond acceptors (Lipinski definition) is 6. The van der Waals surface area contributed by atoms with E-state index in [2.05, 4.69) is 0 Å². The highest BCUT2D eigenvalue weighted by molar-refractivity contribution is 7.91. The van der Waals surface area contributed by atoms with Gasteiger partial charge < -0.3 is 0 Å². The van der Waals surface area contributed by atoms with Crippen LogP contribution >= 0.6 is 0 Å². The van der Waals surface area contributed by atoms with Crippen LogP contribution in [0.25, 0.3) is 0 Å². The quantitative estimate of drug-likeness (QED) is 0.601. The molecular weight excluding hydrogens is 284 g/mol. The van der Waals surface area contributed by atoms with Gasteiger partial charge in [-0.2, -0.15) is 0 Å². The van der Waals surface area contributed by atoms with E-state index in [1.807, 2.05) is 0 Å². The Morgan fingerprint density at radius 3 is 1.39 bits per heavy atom. The predicted octanol–water partition coefficient (Wildman–Crippen LogP) is -1.45. The van der Waals surface area contributed by atoms with Crippen LogP contribution in [0.1, 0.15) is 20.7 Å². The van der Waals surface area contributed by atoms with Crippen LogP contribution in [0.4, 0.5) is 0 Å². The van der Waals surface area contributed by atoms with E-state index < -0.39 is 41.7 Å². The number of nitrogens with one attached hydrogen (secondary N) is 2. The summed E-state index contributed by atoms with van der Waals surface area (Å²) in [5, 5.41) is 0. The minimum atomic E-state index is -4.01. The van der Waals surface area contributed by atoms with Gasteiger partial charge in [0.1, 0.15) is 9.79 Å². The second kappa shape index (κ2) is 2.90. The van der Waals surface area contributed by atoms with Crippen molar-refractivity contribution in [3.8, 4) is 0 Å². The van der Waals surface area contributed by atoms with Crippen molar-refractivity contribution in [1.82, 2.24) is 9.44 Å². The summed E-state index contributed by atoms with van der Waals surface area (Å²) in [6.45, 7) is 0. The molecule has 3 rings (SSSR count). The number of hydrogen-bond donors (Lipinski definition) is 2. The molecule has 18 heavy (non-hydrogen) atoms. The largest absolute Gasteiger partial charge is 0.268 e. The molecule has 2 aliphatic rings. The Labute approximate surface area is 101 Å².